The topological polar surface area (TPSA) is 57.2 Å². The highest BCUT2D eigenvalue weighted by Crippen LogP contribution is 2.15. The fourth-order valence-corrected chi connectivity index (χ4v) is 2.09. The van der Waals surface area contributed by atoms with Gasteiger partial charge in [-0.1, -0.05) is 6.07 Å². The largest absolute Gasteiger partial charge is 0.381 e. The minimum Gasteiger partial charge on any atom is -0.381 e. The lowest BCUT2D eigenvalue weighted by Crippen LogP contribution is -2.29. The first-order valence-corrected chi connectivity index (χ1v) is 5.77. The van der Waals surface area contributed by atoms with E-state index in [0.717, 1.165) is 32.6 Å². The molecule has 2 rings (SSSR count). The molecule has 1 aliphatic rings. The molecule has 1 aromatic rings. The van der Waals surface area contributed by atoms with Crippen molar-refractivity contribution in [2.45, 2.75) is 25.9 Å². The van der Waals surface area contributed by atoms with Crippen LogP contribution in [0.3, 0.4) is 0 Å². The maximum atomic E-state index is 11.9. The molecule has 0 bridgehead atoms. The number of nitrogens with zero attached hydrogens (tertiary/aromatic N) is 1. The summed E-state index contributed by atoms with van der Waals surface area (Å²) in [6.45, 7) is 2.73. The lowest BCUT2D eigenvalue weighted by Gasteiger charge is -2.22. The van der Waals surface area contributed by atoms with Crippen LogP contribution in [0.5, 0.6) is 0 Å². The minimum absolute atomic E-state index is 0.0523. The van der Waals surface area contributed by atoms with Gasteiger partial charge in [0.05, 0.1) is 0 Å². The van der Waals surface area contributed by atoms with Gasteiger partial charge in [-0.25, -0.2) is 0 Å². The fraction of sp³-hybridized carbons (Fsp3) is 0.583. The average molecular weight is 222 g/mol. The number of hydrogen-bond acceptors (Lipinski definition) is 3. The smallest absolute Gasteiger partial charge is 0.255 e. The predicted octanol–water partition coefficient (Wildman–Crippen LogP) is 0.734. The van der Waals surface area contributed by atoms with Gasteiger partial charge >= 0.3 is 0 Å². The van der Waals surface area contributed by atoms with Crippen LogP contribution in [0.1, 0.15) is 18.4 Å². The minimum atomic E-state index is 0.0523. The molecule has 16 heavy (non-hydrogen) atoms. The van der Waals surface area contributed by atoms with Crippen molar-refractivity contribution in [3.05, 3.63) is 34.2 Å². The van der Waals surface area contributed by atoms with Gasteiger partial charge in [-0.2, -0.15) is 0 Å². The zero-order chi connectivity index (χ0) is 11.4. The molecule has 0 saturated carbocycles. The second-order valence-electron chi connectivity index (χ2n) is 4.25. The number of aromatic nitrogens is 1. The zero-order valence-electron chi connectivity index (χ0n) is 9.39. The highest BCUT2D eigenvalue weighted by Gasteiger charge is 2.15. The fourth-order valence-electron chi connectivity index (χ4n) is 2.09. The molecular formula is C12H18N2O2. The van der Waals surface area contributed by atoms with Gasteiger partial charge in [-0.05, 0) is 24.8 Å². The number of ether oxygens (including phenoxy) is 1. The standard InChI is InChI=1S/C12H18N2O2/c13-8-11-2-1-5-14(12(11)15)9-10-3-6-16-7-4-10/h1-2,5,10H,3-4,6-9,13H2. The van der Waals surface area contributed by atoms with Crippen molar-refractivity contribution in [3.63, 3.8) is 0 Å². The van der Waals surface area contributed by atoms with E-state index in [2.05, 4.69) is 0 Å². The third-order valence-corrected chi connectivity index (χ3v) is 3.11. The molecule has 0 aromatic carbocycles. The summed E-state index contributed by atoms with van der Waals surface area (Å²) in [5.74, 6) is 0.555. The van der Waals surface area contributed by atoms with Gasteiger partial charge in [0.2, 0.25) is 0 Å². The van der Waals surface area contributed by atoms with Crippen molar-refractivity contribution in [1.29, 1.82) is 0 Å². The molecule has 2 heterocycles. The molecule has 0 atom stereocenters. The number of hydrogen-bond donors (Lipinski definition) is 1. The first kappa shape index (κ1) is 11.4. The summed E-state index contributed by atoms with van der Waals surface area (Å²) in [5, 5.41) is 0. The third kappa shape index (κ3) is 2.51. The Kier molecular flexibility index (Phi) is 3.74. The summed E-state index contributed by atoms with van der Waals surface area (Å²) < 4.78 is 7.08. The lowest BCUT2D eigenvalue weighted by molar-refractivity contribution is 0.0609. The molecule has 0 radical (unpaired) electrons. The van der Waals surface area contributed by atoms with E-state index >= 15 is 0 Å². The Hall–Kier alpha value is -1.13. The Morgan fingerprint density at radius 2 is 2.19 bits per heavy atom. The van der Waals surface area contributed by atoms with Gasteiger partial charge < -0.3 is 15.0 Å². The van der Waals surface area contributed by atoms with Crippen molar-refractivity contribution < 1.29 is 4.74 Å². The molecule has 4 heteroatoms. The summed E-state index contributed by atoms with van der Waals surface area (Å²) in [4.78, 5) is 11.9. The Morgan fingerprint density at radius 1 is 1.44 bits per heavy atom. The second kappa shape index (κ2) is 5.27. The first-order valence-electron chi connectivity index (χ1n) is 5.77. The zero-order valence-corrected chi connectivity index (χ0v) is 9.39. The van der Waals surface area contributed by atoms with Crippen molar-refractivity contribution in [2.75, 3.05) is 13.2 Å². The molecule has 2 N–H and O–H groups in total. The molecule has 0 amide bonds. The average Bonchev–Trinajstić information content (AvgIpc) is 2.33. The Bertz CT molecular complexity index is 394. The van der Waals surface area contributed by atoms with Crippen molar-refractivity contribution >= 4 is 0 Å². The van der Waals surface area contributed by atoms with Crippen LogP contribution in [0.15, 0.2) is 23.1 Å². The molecule has 0 aliphatic carbocycles. The molecule has 1 saturated heterocycles. The van der Waals surface area contributed by atoms with Crippen LogP contribution in [-0.4, -0.2) is 17.8 Å². The Labute approximate surface area is 95.0 Å². The van der Waals surface area contributed by atoms with E-state index in [1.807, 2.05) is 12.3 Å². The van der Waals surface area contributed by atoms with Crippen LogP contribution >= 0.6 is 0 Å². The lowest BCUT2D eigenvalue weighted by atomic mass is 10.0. The molecule has 0 unspecified atom stereocenters. The van der Waals surface area contributed by atoms with Gasteiger partial charge in [0, 0.05) is 38.1 Å². The highest BCUT2D eigenvalue weighted by atomic mass is 16.5. The first-order chi connectivity index (χ1) is 7.81. The molecule has 1 aliphatic heterocycles. The van der Waals surface area contributed by atoms with Gasteiger partial charge in [-0.3, -0.25) is 4.79 Å². The van der Waals surface area contributed by atoms with Crippen LogP contribution in [-0.2, 0) is 17.8 Å². The van der Waals surface area contributed by atoms with Crippen molar-refractivity contribution in [1.82, 2.24) is 4.57 Å². The Morgan fingerprint density at radius 3 is 2.88 bits per heavy atom. The summed E-state index contributed by atoms with van der Waals surface area (Å²) in [6.07, 6.45) is 3.93. The molecule has 0 spiro atoms. The van der Waals surface area contributed by atoms with E-state index < -0.39 is 0 Å². The van der Waals surface area contributed by atoms with Gasteiger partial charge in [0.25, 0.3) is 5.56 Å². The van der Waals surface area contributed by atoms with Gasteiger partial charge in [0.1, 0.15) is 0 Å². The maximum absolute atomic E-state index is 11.9. The monoisotopic (exact) mass is 222 g/mol. The number of nitrogens with two attached hydrogens (primary N) is 1. The molecule has 88 valence electrons. The molecule has 4 nitrogen and oxygen atoms in total. The highest BCUT2D eigenvalue weighted by molar-refractivity contribution is 5.09. The van der Waals surface area contributed by atoms with Crippen LogP contribution in [0.25, 0.3) is 0 Å². The maximum Gasteiger partial charge on any atom is 0.255 e. The molecular weight excluding hydrogens is 204 g/mol. The summed E-state index contributed by atoms with van der Waals surface area (Å²) in [7, 11) is 0. The predicted molar refractivity (Wildman–Crippen MR) is 62.1 cm³/mol. The van der Waals surface area contributed by atoms with E-state index in [4.69, 9.17) is 10.5 Å². The molecule has 1 aromatic heterocycles. The van der Waals surface area contributed by atoms with E-state index in [0.29, 0.717) is 18.0 Å². The van der Waals surface area contributed by atoms with Gasteiger partial charge in [-0.15, -0.1) is 0 Å². The Balaban J connectivity index is 2.11. The second-order valence-corrected chi connectivity index (χ2v) is 4.25. The SMILES string of the molecule is NCc1cccn(CC2CCOCC2)c1=O. The molecule has 1 fully saturated rings. The number of rotatable bonds is 3. The quantitative estimate of drug-likeness (QED) is 0.820. The van der Waals surface area contributed by atoms with E-state index in [1.165, 1.54) is 0 Å². The normalized spacial score (nSPS) is 17.6. The van der Waals surface area contributed by atoms with Crippen LogP contribution in [0.4, 0.5) is 0 Å². The van der Waals surface area contributed by atoms with Crippen molar-refractivity contribution in [2.24, 2.45) is 11.7 Å². The number of pyridine rings is 1. The third-order valence-electron chi connectivity index (χ3n) is 3.11. The van der Waals surface area contributed by atoms with Gasteiger partial charge in [0.15, 0.2) is 0 Å². The summed E-state index contributed by atoms with van der Waals surface area (Å²) >= 11 is 0. The van der Waals surface area contributed by atoms with E-state index in [9.17, 15) is 4.79 Å². The van der Waals surface area contributed by atoms with E-state index in [-0.39, 0.29) is 5.56 Å². The van der Waals surface area contributed by atoms with Crippen LogP contribution in [0, 0.1) is 5.92 Å². The van der Waals surface area contributed by atoms with Crippen molar-refractivity contribution in [3.8, 4) is 0 Å². The van der Waals surface area contributed by atoms with E-state index in [1.54, 1.807) is 10.6 Å². The summed E-state index contributed by atoms with van der Waals surface area (Å²) in [6, 6.07) is 3.69. The van der Waals surface area contributed by atoms with Crippen LogP contribution in [0.2, 0.25) is 0 Å². The summed E-state index contributed by atoms with van der Waals surface area (Å²) in [5.41, 5.74) is 6.26. The van der Waals surface area contributed by atoms with Crippen LogP contribution < -0.4 is 11.3 Å².